The molecule has 12 rings (SSSR count). The molecule has 68 heavy (non-hydrogen) atoms. The minimum atomic E-state index is -3.17. The van der Waals surface area contributed by atoms with E-state index in [1.807, 2.05) is 36.4 Å². The van der Waals surface area contributed by atoms with Crippen molar-refractivity contribution in [3.8, 4) is 33.8 Å². The summed E-state index contributed by atoms with van der Waals surface area (Å²) in [6.45, 7) is 7.25. The summed E-state index contributed by atoms with van der Waals surface area (Å²) in [4.78, 5) is 8.19. The largest absolute Gasteiger partial charge is 0.457 e. The van der Waals surface area contributed by atoms with Gasteiger partial charge in [0, 0.05) is 60.3 Å². The SMILES string of the molecule is CC(F)(F)c1nc(C23CCC(CNc4ccc(F)c(-c5ccc(Oc6ccc(-c7cc(NCC89CCC(c%10noc(C(C)(F)F)n%10)(CC8)CC9)ccc7F)cc6)cc5)c4)(CC2)CC3)no1.CPC. The van der Waals surface area contributed by atoms with E-state index in [1.54, 1.807) is 36.4 Å². The number of anilines is 2. The zero-order valence-corrected chi connectivity index (χ0v) is 39.8. The molecule has 0 aliphatic heterocycles. The van der Waals surface area contributed by atoms with Crippen LogP contribution in [-0.2, 0) is 22.7 Å². The lowest BCUT2D eigenvalue weighted by Gasteiger charge is -2.52. The second-order valence-corrected chi connectivity index (χ2v) is 20.9. The number of nitrogens with one attached hydrogen (secondary N) is 2. The molecule has 0 atom stereocenters. The summed E-state index contributed by atoms with van der Waals surface area (Å²) in [7, 11) is 1.08. The zero-order chi connectivity index (χ0) is 48.0. The fourth-order valence-corrected chi connectivity index (χ4v) is 10.8. The monoisotopic (exact) mass is 958 g/mol. The normalized spacial score (nSPS) is 24.3. The Bertz CT molecular complexity index is 2480. The number of halogens is 6. The average molecular weight is 959 g/mol. The molecule has 360 valence electrons. The molecule has 6 aliphatic carbocycles. The van der Waals surface area contributed by atoms with E-state index in [0.717, 1.165) is 111 Å². The molecule has 6 fully saturated rings. The van der Waals surface area contributed by atoms with Crippen molar-refractivity contribution < 1.29 is 40.1 Å². The molecule has 6 aliphatic rings. The van der Waals surface area contributed by atoms with E-state index in [2.05, 4.69) is 44.2 Å². The Labute approximate surface area is 394 Å². The Balaban J connectivity index is 0.00000188. The highest BCUT2D eigenvalue weighted by Gasteiger charge is 2.53. The number of ether oxygens (including phenoxy) is 1. The molecule has 2 aromatic heterocycles. The van der Waals surface area contributed by atoms with Crippen LogP contribution in [0.5, 0.6) is 11.5 Å². The molecule has 0 unspecified atom stereocenters. The number of aromatic nitrogens is 4. The number of alkyl halides is 4. The Morgan fingerprint density at radius 3 is 1.19 bits per heavy atom. The quantitative estimate of drug-likeness (QED) is 0.0814. The van der Waals surface area contributed by atoms with E-state index in [0.29, 0.717) is 58.5 Å². The van der Waals surface area contributed by atoms with Gasteiger partial charge < -0.3 is 24.4 Å². The van der Waals surface area contributed by atoms with Crippen molar-refractivity contribution >= 4 is 20.0 Å². The predicted octanol–water partition coefficient (Wildman–Crippen LogP) is 14.4. The van der Waals surface area contributed by atoms with Crippen molar-refractivity contribution in [3.63, 3.8) is 0 Å². The predicted molar refractivity (Wildman–Crippen MR) is 252 cm³/mol. The summed E-state index contributed by atoms with van der Waals surface area (Å²) in [5, 5.41) is 15.0. The molecule has 4 bridgehead atoms. The van der Waals surface area contributed by atoms with E-state index < -0.39 is 23.6 Å². The van der Waals surface area contributed by atoms with E-state index in [9.17, 15) is 17.6 Å². The first-order valence-electron chi connectivity index (χ1n) is 23.4. The first-order valence-corrected chi connectivity index (χ1v) is 25.4. The minimum Gasteiger partial charge on any atom is -0.457 e. The Morgan fingerprint density at radius 1 is 0.544 bits per heavy atom. The zero-order valence-electron chi connectivity index (χ0n) is 38.8. The average Bonchev–Trinajstić information content (AvgIpc) is 4.07. The third-order valence-electron chi connectivity index (χ3n) is 15.2. The van der Waals surface area contributed by atoms with Gasteiger partial charge in [-0.3, -0.25) is 0 Å². The van der Waals surface area contributed by atoms with Gasteiger partial charge in [-0.2, -0.15) is 27.5 Å². The van der Waals surface area contributed by atoms with Crippen LogP contribution in [0, 0.1) is 22.5 Å². The van der Waals surface area contributed by atoms with Crippen LogP contribution in [0.15, 0.2) is 94.0 Å². The van der Waals surface area contributed by atoms with Crippen LogP contribution in [0.3, 0.4) is 0 Å². The van der Waals surface area contributed by atoms with Crippen LogP contribution < -0.4 is 15.4 Å². The third kappa shape index (κ3) is 9.74. The standard InChI is InChI=1S/C50H50F6N6O3.C2H7P/c1-45(53,54)43-59-41(61-64-43)49-21-15-47(16-22-49,17-23-49)29-57-33-7-13-39(51)37(27-33)31-3-9-35(10-4-31)63-36-11-5-32(6-12-36)38-28-34(8-14-40(38)52)58-30-48-18-24-50(25-19-48,26-20-48)42-60-44(65-62-42)46(2,55)56;1-3-2/h3-14,27-28,57-58H,15-26,29-30H2,1-2H3;3H,1-2H3. The summed E-state index contributed by atoms with van der Waals surface area (Å²) in [5.74, 6) is -6.40. The van der Waals surface area contributed by atoms with Crippen LogP contribution in [0.4, 0.5) is 37.7 Å². The first-order chi connectivity index (χ1) is 32.4. The van der Waals surface area contributed by atoms with E-state index in [1.165, 1.54) is 12.1 Å². The van der Waals surface area contributed by atoms with Crippen LogP contribution in [0.25, 0.3) is 22.3 Å². The van der Waals surface area contributed by atoms with Gasteiger partial charge in [-0.05, 0) is 173 Å². The van der Waals surface area contributed by atoms with Crippen molar-refractivity contribution in [1.29, 1.82) is 0 Å². The van der Waals surface area contributed by atoms with Crippen molar-refractivity contribution in [2.75, 3.05) is 37.1 Å². The molecule has 0 spiro atoms. The van der Waals surface area contributed by atoms with Crippen LogP contribution in [0.1, 0.15) is 114 Å². The molecule has 0 amide bonds. The van der Waals surface area contributed by atoms with Crippen molar-refractivity contribution in [2.24, 2.45) is 10.8 Å². The number of rotatable bonds is 14. The van der Waals surface area contributed by atoms with E-state index >= 15 is 8.78 Å². The highest BCUT2D eigenvalue weighted by molar-refractivity contribution is 7.35. The van der Waals surface area contributed by atoms with Crippen molar-refractivity contribution in [1.82, 2.24) is 20.3 Å². The molecular weight excluding hydrogens is 902 g/mol. The lowest BCUT2D eigenvalue weighted by molar-refractivity contribution is -0.0162. The molecule has 0 radical (unpaired) electrons. The molecule has 6 aromatic rings. The van der Waals surface area contributed by atoms with E-state index in [4.69, 9.17) is 13.8 Å². The number of fused-ring (bicyclic) bond motifs is 6. The summed E-state index contributed by atoms with van der Waals surface area (Å²) in [6, 6.07) is 24.4. The van der Waals surface area contributed by atoms with Gasteiger partial charge in [0.25, 0.3) is 11.8 Å². The van der Waals surface area contributed by atoms with Gasteiger partial charge in [0.1, 0.15) is 23.1 Å². The maximum absolute atomic E-state index is 15.2. The Hall–Kier alpha value is -5.43. The van der Waals surface area contributed by atoms with Gasteiger partial charge in [0.2, 0.25) is 0 Å². The van der Waals surface area contributed by atoms with Crippen LogP contribution >= 0.6 is 8.58 Å². The lowest BCUT2D eigenvalue weighted by Crippen LogP contribution is -2.47. The Morgan fingerprint density at radius 2 is 0.882 bits per heavy atom. The topological polar surface area (TPSA) is 111 Å². The number of benzene rings is 4. The van der Waals surface area contributed by atoms with Crippen molar-refractivity contribution in [2.45, 2.75) is 114 Å². The second-order valence-electron chi connectivity index (χ2n) is 19.9. The maximum atomic E-state index is 15.2. The Kier molecular flexibility index (Phi) is 12.9. The lowest BCUT2D eigenvalue weighted by atomic mass is 9.53. The van der Waals surface area contributed by atoms with Gasteiger partial charge >= 0.3 is 11.8 Å². The summed E-state index contributed by atoms with van der Waals surface area (Å²) in [6.07, 6.45) is 10.2. The number of hydrogen-bond acceptors (Lipinski definition) is 9. The van der Waals surface area contributed by atoms with Crippen molar-refractivity contribution in [3.05, 3.63) is 120 Å². The fourth-order valence-electron chi connectivity index (χ4n) is 10.8. The molecule has 16 heteroatoms. The smallest absolute Gasteiger partial charge is 0.322 e. The molecule has 2 N–H and O–H groups in total. The molecule has 9 nitrogen and oxygen atoms in total. The number of hydrogen-bond donors (Lipinski definition) is 2. The van der Waals surface area contributed by atoms with E-state index in [-0.39, 0.29) is 33.3 Å². The molecule has 6 saturated carbocycles. The molecular formula is C52H57F6N6O3P. The fraction of sp³-hybridized carbons (Fsp3) is 0.462. The summed E-state index contributed by atoms with van der Waals surface area (Å²) in [5.41, 5.74) is 3.32. The van der Waals surface area contributed by atoms with Gasteiger partial charge in [-0.15, -0.1) is 8.58 Å². The highest BCUT2D eigenvalue weighted by Crippen LogP contribution is 2.58. The minimum absolute atomic E-state index is 0.0409. The van der Waals surface area contributed by atoms with Crippen LogP contribution in [0.2, 0.25) is 0 Å². The molecule has 4 aromatic carbocycles. The summed E-state index contributed by atoms with van der Waals surface area (Å²) < 4.78 is 102. The molecule has 2 heterocycles. The van der Waals surface area contributed by atoms with Gasteiger partial charge in [-0.25, -0.2) is 8.78 Å². The van der Waals surface area contributed by atoms with Crippen LogP contribution in [-0.4, -0.2) is 46.7 Å². The van der Waals surface area contributed by atoms with Gasteiger partial charge in [0.15, 0.2) is 11.6 Å². The van der Waals surface area contributed by atoms with Gasteiger partial charge in [-0.1, -0.05) is 34.6 Å². The second kappa shape index (κ2) is 18.5. The first kappa shape index (κ1) is 47.6. The number of nitrogens with zero attached hydrogens (tertiary/aromatic N) is 4. The van der Waals surface area contributed by atoms with Gasteiger partial charge in [0.05, 0.1) is 0 Å². The highest BCUT2D eigenvalue weighted by atomic mass is 31.1. The maximum Gasteiger partial charge on any atom is 0.322 e. The summed E-state index contributed by atoms with van der Waals surface area (Å²) >= 11 is 0. The third-order valence-corrected chi connectivity index (χ3v) is 15.2. The molecule has 0 saturated heterocycles.